The van der Waals surface area contributed by atoms with Gasteiger partial charge in [-0.3, -0.25) is 9.10 Å². The van der Waals surface area contributed by atoms with Crippen molar-refractivity contribution in [1.82, 2.24) is 5.32 Å². The molecule has 0 bridgehead atoms. The molecular weight excluding hydrogens is 452 g/mol. The van der Waals surface area contributed by atoms with E-state index in [1.807, 2.05) is 43.5 Å². The second kappa shape index (κ2) is 10.0. The summed E-state index contributed by atoms with van der Waals surface area (Å²) < 4.78 is 28.4. The van der Waals surface area contributed by atoms with Crippen LogP contribution in [0.3, 0.4) is 0 Å². The van der Waals surface area contributed by atoms with Crippen molar-refractivity contribution in [2.24, 2.45) is 0 Å². The van der Waals surface area contributed by atoms with Crippen molar-refractivity contribution in [3.63, 3.8) is 0 Å². The van der Waals surface area contributed by atoms with Gasteiger partial charge < -0.3 is 5.32 Å². The number of rotatable bonds is 7. The van der Waals surface area contributed by atoms with Crippen LogP contribution in [0.5, 0.6) is 0 Å². The maximum Gasteiger partial charge on any atom is 0.264 e. The Balaban J connectivity index is 1.61. The predicted octanol–water partition coefficient (Wildman–Crippen LogP) is 5.11. The van der Waals surface area contributed by atoms with E-state index < -0.39 is 10.0 Å². The minimum atomic E-state index is -3.93. The van der Waals surface area contributed by atoms with Crippen LogP contribution >= 0.6 is 11.8 Å². The quantitative estimate of drug-likeness (QED) is 0.478. The molecule has 0 aromatic heterocycles. The molecule has 0 aliphatic heterocycles. The third-order valence-electron chi connectivity index (χ3n) is 5.96. The lowest BCUT2D eigenvalue weighted by Gasteiger charge is -2.29. The molecule has 4 rings (SSSR count). The molecule has 172 valence electrons. The van der Waals surface area contributed by atoms with Crippen LogP contribution in [0.15, 0.2) is 82.6 Å². The Kier molecular flexibility index (Phi) is 7.10. The van der Waals surface area contributed by atoms with E-state index in [9.17, 15) is 13.2 Å². The van der Waals surface area contributed by atoms with Gasteiger partial charge >= 0.3 is 0 Å². The van der Waals surface area contributed by atoms with Gasteiger partial charge in [0.1, 0.15) is 6.54 Å². The van der Waals surface area contributed by atoms with Gasteiger partial charge in [-0.1, -0.05) is 42.0 Å². The first-order valence-corrected chi connectivity index (χ1v) is 13.7. The second-order valence-electron chi connectivity index (χ2n) is 8.23. The first kappa shape index (κ1) is 23.4. The molecule has 5 nitrogen and oxygen atoms in total. The summed E-state index contributed by atoms with van der Waals surface area (Å²) in [6.45, 7) is 1.66. The maximum atomic E-state index is 13.6. The van der Waals surface area contributed by atoms with Crippen LogP contribution in [0.2, 0.25) is 0 Å². The Morgan fingerprint density at radius 2 is 1.73 bits per heavy atom. The molecule has 3 aromatic carbocycles. The normalized spacial score (nSPS) is 15.5. The van der Waals surface area contributed by atoms with Gasteiger partial charge in [0, 0.05) is 4.90 Å². The number of hydrogen-bond acceptors (Lipinski definition) is 4. The highest BCUT2D eigenvalue weighted by Crippen LogP contribution is 2.30. The molecule has 1 N–H and O–H groups in total. The molecule has 0 fully saturated rings. The fourth-order valence-corrected chi connectivity index (χ4v) is 6.00. The second-order valence-corrected chi connectivity index (χ2v) is 11.0. The van der Waals surface area contributed by atoms with Crippen LogP contribution in [-0.2, 0) is 21.2 Å². The predicted molar refractivity (Wildman–Crippen MR) is 134 cm³/mol. The van der Waals surface area contributed by atoms with E-state index in [-0.39, 0.29) is 23.4 Å². The van der Waals surface area contributed by atoms with Crippen molar-refractivity contribution < 1.29 is 13.2 Å². The van der Waals surface area contributed by atoms with Crippen LogP contribution in [0.4, 0.5) is 5.69 Å². The summed E-state index contributed by atoms with van der Waals surface area (Å²) in [5, 5.41) is 3.08. The van der Waals surface area contributed by atoms with Gasteiger partial charge in [0.05, 0.1) is 16.6 Å². The molecule has 1 aliphatic rings. The summed E-state index contributed by atoms with van der Waals surface area (Å²) in [6.07, 6.45) is 4.77. The number of hydrogen-bond donors (Lipinski definition) is 1. The number of amides is 1. The number of thioether (sulfide) groups is 1. The van der Waals surface area contributed by atoms with Crippen LogP contribution in [0.1, 0.15) is 35.6 Å². The van der Waals surface area contributed by atoms with E-state index >= 15 is 0 Å². The van der Waals surface area contributed by atoms with Gasteiger partial charge in [-0.25, -0.2) is 8.42 Å². The van der Waals surface area contributed by atoms with Crippen molar-refractivity contribution in [3.05, 3.63) is 89.5 Å². The number of nitrogens with one attached hydrogen (secondary N) is 1. The van der Waals surface area contributed by atoms with Crippen molar-refractivity contribution in [2.75, 3.05) is 17.1 Å². The first-order chi connectivity index (χ1) is 15.9. The third kappa shape index (κ3) is 5.25. The number of nitrogens with zero attached hydrogens (tertiary/aromatic N) is 1. The summed E-state index contributed by atoms with van der Waals surface area (Å²) >= 11 is 1.55. The van der Waals surface area contributed by atoms with Crippen LogP contribution in [-0.4, -0.2) is 27.1 Å². The third-order valence-corrected chi connectivity index (χ3v) is 8.49. The highest BCUT2D eigenvalue weighted by atomic mass is 32.2. The molecule has 7 heteroatoms. The maximum absolute atomic E-state index is 13.6. The lowest BCUT2D eigenvalue weighted by molar-refractivity contribution is -0.120. The molecule has 1 aliphatic carbocycles. The highest BCUT2D eigenvalue weighted by molar-refractivity contribution is 7.98. The Morgan fingerprint density at radius 3 is 2.42 bits per heavy atom. The molecule has 0 heterocycles. The monoisotopic (exact) mass is 480 g/mol. The minimum absolute atomic E-state index is 0.106. The van der Waals surface area contributed by atoms with Crippen LogP contribution < -0.4 is 9.62 Å². The number of carbonyl (C=O) groups excluding carboxylic acids is 1. The zero-order valence-corrected chi connectivity index (χ0v) is 20.5. The van der Waals surface area contributed by atoms with Gasteiger partial charge in [0.25, 0.3) is 10.0 Å². The first-order valence-electron chi connectivity index (χ1n) is 11.0. The zero-order valence-electron chi connectivity index (χ0n) is 18.8. The van der Waals surface area contributed by atoms with Gasteiger partial charge in [-0.2, -0.15) is 0 Å². The Labute approximate surface area is 200 Å². The summed E-state index contributed by atoms with van der Waals surface area (Å²) in [5.74, 6) is -0.318. The summed E-state index contributed by atoms with van der Waals surface area (Å²) in [4.78, 5) is 14.3. The highest BCUT2D eigenvalue weighted by Gasteiger charge is 2.29. The van der Waals surface area contributed by atoms with Crippen molar-refractivity contribution in [3.8, 4) is 0 Å². The van der Waals surface area contributed by atoms with Crippen LogP contribution in [0.25, 0.3) is 0 Å². The average molecular weight is 481 g/mol. The molecule has 0 radical (unpaired) electrons. The van der Waals surface area contributed by atoms with Crippen molar-refractivity contribution in [1.29, 1.82) is 0 Å². The molecule has 3 aromatic rings. The fourth-order valence-electron chi connectivity index (χ4n) is 4.18. The lowest BCUT2D eigenvalue weighted by Crippen LogP contribution is -2.42. The molecule has 33 heavy (non-hydrogen) atoms. The zero-order chi connectivity index (χ0) is 23.4. The molecule has 0 spiro atoms. The van der Waals surface area contributed by atoms with E-state index in [0.717, 1.165) is 35.3 Å². The average Bonchev–Trinajstić information content (AvgIpc) is 2.83. The topological polar surface area (TPSA) is 66.5 Å². The SMILES string of the molecule is CSc1ccc(S(=O)(=O)N(CC(=O)NC2CCCc3ccccc32)c2ccc(C)cc2)cc1. The molecule has 1 unspecified atom stereocenters. The summed E-state index contributed by atoms with van der Waals surface area (Å²) in [5.41, 5.74) is 3.85. The fraction of sp³-hybridized carbons (Fsp3) is 0.269. The van der Waals surface area contributed by atoms with Gasteiger partial charge in [0.2, 0.25) is 5.91 Å². The van der Waals surface area contributed by atoms with E-state index in [2.05, 4.69) is 11.4 Å². The van der Waals surface area contributed by atoms with E-state index in [4.69, 9.17) is 0 Å². The number of carbonyl (C=O) groups is 1. The Morgan fingerprint density at radius 1 is 1.03 bits per heavy atom. The van der Waals surface area contributed by atoms with Crippen molar-refractivity contribution in [2.45, 2.75) is 42.0 Å². The smallest absolute Gasteiger partial charge is 0.264 e. The summed E-state index contributed by atoms with van der Waals surface area (Å²) in [7, 11) is -3.93. The van der Waals surface area contributed by atoms with Gasteiger partial charge in [0.15, 0.2) is 0 Å². The molecule has 0 saturated heterocycles. The Bertz CT molecular complexity index is 1220. The number of fused-ring (bicyclic) bond motifs is 1. The lowest BCUT2D eigenvalue weighted by atomic mass is 9.88. The Hall–Kier alpha value is -2.77. The molecule has 1 amide bonds. The summed E-state index contributed by atoms with van der Waals surface area (Å²) in [6, 6.07) is 22.0. The van der Waals surface area contributed by atoms with Crippen molar-refractivity contribution >= 4 is 33.4 Å². The van der Waals surface area contributed by atoms with E-state index in [1.165, 1.54) is 9.87 Å². The number of anilines is 1. The van der Waals surface area contributed by atoms with Crippen LogP contribution in [0, 0.1) is 6.92 Å². The standard InChI is InChI=1S/C26H28N2O3S2/c1-19-10-12-21(13-11-19)28(33(30,31)23-16-14-22(32-2)15-17-23)18-26(29)27-25-9-5-7-20-6-3-4-8-24(20)25/h3-4,6,8,10-17,25H,5,7,9,18H2,1-2H3,(H,27,29). The molecular formula is C26H28N2O3S2. The molecule has 0 saturated carbocycles. The van der Waals surface area contributed by atoms with E-state index in [1.54, 1.807) is 48.2 Å². The largest absolute Gasteiger partial charge is 0.348 e. The number of aryl methyl sites for hydroxylation is 2. The van der Waals surface area contributed by atoms with E-state index in [0.29, 0.717) is 5.69 Å². The molecule has 1 atom stereocenters. The van der Waals surface area contributed by atoms with Gasteiger partial charge in [-0.05, 0) is 80.0 Å². The number of benzene rings is 3. The number of sulfonamides is 1. The van der Waals surface area contributed by atoms with Gasteiger partial charge in [-0.15, -0.1) is 11.8 Å². The minimum Gasteiger partial charge on any atom is -0.348 e.